The van der Waals surface area contributed by atoms with Gasteiger partial charge in [0.2, 0.25) is 0 Å². The predicted molar refractivity (Wildman–Crippen MR) is 80.5 cm³/mol. The maximum atomic E-state index is 12.1. The molecule has 1 aromatic rings. The van der Waals surface area contributed by atoms with Crippen LogP contribution in [0.3, 0.4) is 0 Å². The van der Waals surface area contributed by atoms with E-state index in [1.165, 1.54) is 0 Å². The van der Waals surface area contributed by atoms with Gasteiger partial charge in [0.25, 0.3) is 5.91 Å². The summed E-state index contributed by atoms with van der Waals surface area (Å²) in [4.78, 5) is 12.1. The first-order valence-corrected chi connectivity index (χ1v) is 7.67. The molecule has 19 heavy (non-hydrogen) atoms. The summed E-state index contributed by atoms with van der Waals surface area (Å²) in [6.45, 7) is 2.47. The first-order valence-electron chi connectivity index (χ1n) is 6.27. The number of rotatable bonds is 7. The Hall–Kier alpha value is -1.04. The van der Waals surface area contributed by atoms with Crippen LogP contribution in [0, 0.1) is 0 Å². The Kier molecular flexibility index (Phi) is 6.34. The van der Waals surface area contributed by atoms with Crippen LogP contribution in [-0.4, -0.2) is 41.7 Å². The molecule has 0 aliphatic carbocycles. The number of carbonyl (C=O) groups excluding carboxylic acids is 1. The number of nitrogens with two attached hydrogens (primary N) is 1. The van der Waals surface area contributed by atoms with Gasteiger partial charge in [-0.25, -0.2) is 0 Å². The minimum absolute atomic E-state index is 0.162. The number of amides is 1. The molecule has 4 N–H and O–H groups in total. The van der Waals surface area contributed by atoms with E-state index in [2.05, 4.69) is 5.32 Å². The van der Waals surface area contributed by atoms with Crippen LogP contribution in [0.25, 0.3) is 0 Å². The highest BCUT2D eigenvalue weighted by molar-refractivity contribution is 7.98. The van der Waals surface area contributed by atoms with Crippen molar-refractivity contribution >= 4 is 17.7 Å². The Labute approximate surface area is 118 Å². The van der Waals surface area contributed by atoms with E-state index in [4.69, 9.17) is 5.73 Å². The van der Waals surface area contributed by atoms with Crippen LogP contribution in [-0.2, 0) is 6.42 Å². The molecule has 0 saturated carbocycles. The first-order chi connectivity index (χ1) is 9.00. The molecule has 0 aliphatic rings. The minimum Gasteiger partial charge on any atom is -0.387 e. The van der Waals surface area contributed by atoms with Crippen molar-refractivity contribution < 1.29 is 9.90 Å². The number of thioether (sulfide) groups is 1. The summed E-state index contributed by atoms with van der Waals surface area (Å²) in [5.41, 5.74) is 6.22. The number of nitrogens with one attached hydrogen (secondary N) is 1. The van der Waals surface area contributed by atoms with Crippen LogP contribution >= 0.6 is 11.8 Å². The van der Waals surface area contributed by atoms with Crippen molar-refractivity contribution in [1.29, 1.82) is 0 Å². The lowest BCUT2D eigenvalue weighted by Gasteiger charge is -2.22. The van der Waals surface area contributed by atoms with E-state index in [-0.39, 0.29) is 12.5 Å². The summed E-state index contributed by atoms with van der Waals surface area (Å²) < 4.78 is 0. The van der Waals surface area contributed by atoms with E-state index < -0.39 is 5.60 Å². The number of benzene rings is 1. The molecule has 1 unspecified atom stereocenters. The average molecular weight is 282 g/mol. The monoisotopic (exact) mass is 282 g/mol. The molecule has 0 fully saturated rings. The van der Waals surface area contributed by atoms with Gasteiger partial charge < -0.3 is 16.2 Å². The fourth-order valence-electron chi connectivity index (χ4n) is 1.84. The minimum atomic E-state index is -0.891. The van der Waals surface area contributed by atoms with Crippen molar-refractivity contribution in [3.05, 3.63) is 35.4 Å². The lowest BCUT2D eigenvalue weighted by Crippen LogP contribution is -2.42. The van der Waals surface area contributed by atoms with E-state index >= 15 is 0 Å². The van der Waals surface area contributed by atoms with Crippen molar-refractivity contribution in [2.24, 2.45) is 5.73 Å². The van der Waals surface area contributed by atoms with Gasteiger partial charge in [-0.05, 0) is 37.8 Å². The van der Waals surface area contributed by atoms with Gasteiger partial charge in [-0.1, -0.05) is 18.2 Å². The van der Waals surface area contributed by atoms with Gasteiger partial charge in [0, 0.05) is 17.9 Å². The summed E-state index contributed by atoms with van der Waals surface area (Å²) >= 11 is 1.55. The highest BCUT2D eigenvalue weighted by Crippen LogP contribution is 2.12. The molecule has 1 rings (SSSR count). The second-order valence-corrected chi connectivity index (χ2v) is 5.67. The van der Waals surface area contributed by atoms with Crippen molar-refractivity contribution in [1.82, 2.24) is 5.32 Å². The summed E-state index contributed by atoms with van der Waals surface area (Å²) in [6.07, 6.45) is 2.59. The molecule has 0 radical (unpaired) electrons. The lowest BCUT2D eigenvalue weighted by atomic mass is 10.0. The standard InChI is InChI=1S/C14H22N2O2S/c1-14(18,10-19-2)9-16-13(17)12-6-4-3-5-11(12)7-8-15/h3-6,18H,7-10,15H2,1-2H3,(H,16,17). The molecule has 0 bridgehead atoms. The van der Waals surface area contributed by atoms with Crippen molar-refractivity contribution in [2.45, 2.75) is 18.9 Å². The van der Waals surface area contributed by atoms with Gasteiger partial charge in [0.15, 0.2) is 0 Å². The normalized spacial score (nSPS) is 13.9. The molecular weight excluding hydrogens is 260 g/mol. The summed E-state index contributed by atoms with van der Waals surface area (Å²) in [6, 6.07) is 7.41. The van der Waals surface area contributed by atoms with E-state index in [9.17, 15) is 9.90 Å². The highest BCUT2D eigenvalue weighted by Gasteiger charge is 2.21. The Morgan fingerprint density at radius 3 is 2.79 bits per heavy atom. The fraction of sp³-hybridized carbons (Fsp3) is 0.500. The van der Waals surface area contributed by atoms with Crippen molar-refractivity contribution in [2.75, 3.05) is 25.1 Å². The summed E-state index contributed by atoms with van der Waals surface area (Å²) in [5.74, 6) is 0.419. The third kappa shape index (κ3) is 5.22. The molecule has 0 spiro atoms. The van der Waals surface area contributed by atoms with Crippen LogP contribution in [0.15, 0.2) is 24.3 Å². The quantitative estimate of drug-likeness (QED) is 0.698. The third-order valence-electron chi connectivity index (χ3n) is 2.76. The molecule has 1 atom stereocenters. The van der Waals surface area contributed by atoms with Gasteiger partial charge in [-0.15, -0.1) is 0 Å². The molecule has 4 nitrogen and oxygen atoms in total. The Balaban J connectivity index is 2.68. The smallest absolute Gasteiger partial charge is 0.251 e. The Morgan fingerprint density at radius 2 is 2.16 bits per heavy atom. The van der Waals surface area contributed by atoms with Crippen LogP contribution in [0.2, 0.25) is 0 Å². The predicted octanol–water partition coefficient (Wildman–Crippen LogP) is 1.03. The van der Waals surface area contributed by atoms with Crippen LogP contribution in [0.1, 0.15) is 22.8 Å². The molecule has 1 aromatic carbocycles. The van der Waals surface area contributed by atoms with Crippen molar-refractivity contribution in [3.8, 4) is 0 Å². The fourth-order valence-corrected chi connectivity index (χ4v) is 2.57. The van der Waals surface area contributed by atoms with E-state index in [0.29, 0.717) is 24.3 Å². The lowest BCUT2D eigenvalue weighted by molar-refractivity contribution is 0.0724. The molecule has 0 saturated heterocycles. The average Bonchev–Trinajstić information content (AvgIpc) is 2.37. The van der Waals surface area contributed by atoms with Gasteiger partial charge in [0.1, 0.15) is 0 Å². The topological polar surface area (TPSA) is 75.3 Å². The van der Waals surface area contributed by atoms with Gasteiger partial charge in [0.05, 0.1) is 5.60 Å². The zero-order valence-electron chi connectivity index (χ0n) is 11.5. The molecule has 0 heterocycles. The van der Waals surface area contributed by atoms with E-state index in [1.807, 2.05) is 24.5 Å². The van der Waals surface area contributed by atoms with Crippen LogP contribution in [0.5, 0.6) is 0 Å². The number of aliphatic hydroxyl groups is 1. The largest absolute Gasteiger partial charge is 0.387 e. The van der Waals surface area contributed by atoms with Crippen molar-refractivity contribution in [3.63, 3.8) is 0 Å². The SMILES string of the molecule is CSCC(C)(O)CNC(=O)c1ccccc1CCN. The van der Waals surface area contributed by atoms with E-state index in [1.54, 1.807) is 24.8 Å². The highest BCUT2D eigenvalue weighted by atomic mass is 32.2. The maximum absolute atomic E-state index is 12.1. The van der Waals surface area contributed by atoms with Gasteiger partial charge in [-0.2, -0.15) is 11.8 Å². The summed E-state index contributed by atoms with van der Waals surface area (Å²) in [5, 5.41) is 12.8. The zero-order chi connectivity index (χ0) is 14.3. The summed E-state index contributed by atoms with van der Waals surface area (Å²) in [7, 11) is 0. The Bertz CT molecular complexity index is 422. The second-order valence-electron chi connectivity index (χ2n) is 4.81. The van der Waals surface area contributed by atoms with Gasteiger partial charge >= 0.3 is 0 Å². The number of hydrogen-bond acceptors (Lipinski definition) is 4. The maximum Gasteiger partial charge on any atom is 0.251 e. The molecule has 5 heteroatoms. The third-order valence-corrected chi connectivity index (χ3v) is 3.67. The van der Waals surface area contributed by atoms with Crippen LogP contribution < -0.4 is 11.1 Å². The van der Waals surface area contributed by atoms with Gasteiger partial charge in [-0.3, -0.25) is 4.79 Å². The Morgan fingerprint density at radius 1 is 1.47 bits per heavy atom. The first kappa shape index (κ1) is 16.0. The molecular formula is C14H22N2O2S. The molecule has 0 aromatic heterocycles. The molecule has 0 aliphatic heterocycles. The van der Waals surface area contributed by atoms with Crippen LogP contribution in [0.4, 0.5) is 0 Å². The van der Waals surface area contributed by atoms with E-state index in [0.717, 1.165) is 5.56 Å². The number of hydrogen-bond donors (Lipinski definition) is 3. The molecule has 1 amide bonds. The number of carbonyl (C=O) groups is 1. The second kappa shape index (κ2) is 7.53. The molecule has 106 valence electrons. The zero-order valence-corrected chi connectivity index (χ0v) is 12.3.